The third-order valence-corrected chi connectivity index (χ3v) is 7.08. The van der Waals surface area contributed by atoms with Gasteiger partial charge in [0.15, 0.2) is 0 Å². The first-order chi connectivity index (χ1) is 15.8. The molecule has 2 amide bonds. The van der Waals surface area contributed by atoms with Gasteiger partial charge in [-0.25, -0.2) is 0 Å². The molecule has 1 aliphatic rings. The van der Waals surface area contributed by atoms with Crippen LogP contribution in [0.4, 0.5) is 4.79 Å². The number of carbonyl (C=O) groups excluding carboxylic acids is 2. The second kappa shape index (κ2) is 9.67. The molecule has 0 N–H and O–H groups in total. The molecule has 0 atom stereocenters. The molecule has 33 heavy (non-hydrogen) atoms. The number of para-hydroxylation sites is 1. The summed E-state index contributed by atoms with van der Waals surface area (Å²) in [5, 5.41) is 0.867. The lowest BCUT2D eigenvalue weighted by Crippen LogP contribution is -2.32. The number of hydrogen-bond donors (Lipinski definition) is 0. The highest BCUT2D eigenvalue weighted by molar-refractivity contribution is 8.18. The average Bonchev–Trinajstić information content (AvgIpc) is 3.20. The van der Waals surface area contributed by atoms with E-state index in [0.29, 0.717) is 20.7 Å². The molecule has 170 valence electrons. The third-order valence-electron chi connectivity index (χ3n) is 5.45. The lowest BCUT2D eigenvalue weighted by Gasteiger charge is -2.13. The standard InChI is InChI=1S/C25H22Cl2N2O3S/c1-15-8-9-19(14-21(15)27)29-16(2)12-18(17(29)3)13-23-24(30)28(25(31)33-23)10-11-32-22-7-5-4-6-20(22)26/h4-9,12-14H,10-11H2,1-3H3/b23-13-. The van der Waals surface area contributed by atoms with Crippen LogP contribution >= 0.6 is 35.0 Å². The maximum atomic E-state index is 12.9. The zero-order chi connectivity index (χ0) is 23.7. The van der Waals surface area contributed by atoms with Crippen molar-refractivity contribution < 1.29 is 14.3 Å². The van der Waals surface area contributed by atoms with Crippen LogP contribution in [0.5, 0.6) is 5.75 Å². The molecular formula is C25H22Cl2N2O3S. The van der Waals surface area contributed by atoms with Crippen molar-refractivity contribution in [1.29, 1.82) is 0 Å². The summed E-state index contributed by atoms with van der Waals surface area (Å²) in [6.07, 6.45) is 1.77. The molecule has 5 nitrogen and oxygen atoms in total. The molecule has 1 saturated heterocycles. The zero-order valence-corrected chi connectivity index (χ0v) is 20.7. The minimum Gasteiger partial charge on any atom is -0.490 e. The number of aromatic nitrogens is 1. The van der Waals surface area contributed by atoms with Gasteiger partial charge in [-0.3, -0.25) is 14.5 Å². The summed E-state index contributed by atoms with van der Waals surface area (Å²) >= 11 is 13.3. The van der Waals surface area contributed by atoms with Gasteiger partial charge in [0.1, 0.15) is 12.4 Å². The predicted molar refractivity (Wildman–Crippen MR) is 135 cm³/mol. The zero-order valence-electron chi connectivity index (χ0n) is 18.4. The molecule has 1 fully saturated rings. The topological polar surface area (TPSA) is 51.5 Å². The highest BCUT2D eigenvalue weighted by Gasteiger charge is 2.35. The molecule has 1 aliphatic heterocycles. The van der Waals surface area contributed by atoms with Gasteiger partial charge >= 0.3 is 0 Å². The molecule has 2 heterocycles. The maximum absolute atomic E-state index is 12.9. The lowest BCUT2D eigenvalue weighted by molar-refractivity contribution is -0.123. The number of thioether (sulfide) groups is 1. The largest absolute Gasteiger partial charge is 0.490 e. The molecule has 8 heteroatoms. The summed E-state index contributed by atoms with van der Waals surface area (Å²) in [5.41, 5.74) is 4.80. The fraction of sp³-hybridized carbons (Fsp3) is 0.200. The van der Waals surface area contributed by atoms with E-state index in [4.69, 9.17) is 27.9 Å². The van der Waals surface area contributed by atoms with E-state index in [1.807, 2.05) is 51.1 Å². The first-order valence-electron chi connectivity index (χ1n) is 10.3. The van der Waals surface area contributed by atoms with Crippen LogP contribution in [0.25, 0.3) is 11.8 Å². The fourth-order valence-corrected chi connectivity index (χ4v) is 4.92. The van der Waals surface area contributed by atoms with Crippen molar-refractivity contribution in [3.63, 3.8) is 0 Å². The predicted octanol–water partition coefficient (Wildman–Crippen LogP) is 6.82. The highest BCUT2D eigenvalue weighted by atomic mass is 35.5. The van der Waals surface area contributed by atoms with Crippen molar-refractivity contribution in [3.8, 4) is 11.4 Å². The minimum atomic E-state index is -0.323. The van der Waals surface area contributed by atoms with E-state index >= 15 is 0 Å². The van der Waals surface area contributed by atoms with E-state index in [0.717, 1.165) is 40.0 Å². The molecule has 0 bridgehead atoms. The van der Waals surface area contributed by atoms with Crippen molar-refractivity contribution in [1.82, 2.24) is 9.47 Å². The van der Waals surface area contributed by atoms with E-state index in [2.05, 4.69) is 4.57 Å². The van der Waals surface area contributed by atoms with Crippen LogP contribution in [0.2, 0.25) is 10.0 Å². The summed E-state index contributed by atoms with van der Waals surface area (Å²) < 4.78 is 7.72. The third kappa shape index (κ3) is 4.83. The van der Waals surface area contributed by atoms with E-state index < -0.39 is 0 Å². The molecule has 0 aliphatic carbocycles. The molecule has 0 radical (unpaired) electrons. The van der Waals surface area contributed by atoms with Crippen molar-refractivity contribution in [3.05, 3.63) is 86.0 Å². The Labute approximate surface area is 206 Å². The Balaban J connectivity index is 1.51. The van der Waals surface area contributed by atoms with Crippen molar-refractivity contribution in [2.24, 2.45) is 0 Å². The Morgan fingerprint density at radius 1 is 1.00 bits per heavy atom. The summed E-state index contributed by atoms with van der Waals surface area (Å²) in [6, 6.07) is 15.0. The van der Waals surface area contributed by atoms with E-state index in [9.17, 15) is 9.59 Å². The number of imide groups is 1. The van der Waals surface area contributed by atoms with Crippen molar-refractivity contribution in [2.75, 3.05) is 13.2 Å². The molecule has 2 aromatic carbocycles. The molecule has 0 unspecified atom stereocenters. The van der Waals surface area contributed by atoms with Crippen LogP contribution in [0.1, 0.15) is 22.5 Å². The molecule has 0 spiro atoms. The molecular weight excluding hydrogens is 479 g/mol. The summed E-state index contributed by atoms with van der Waals surface area (Å²) in [7, 11) is 0. The Morgan fingerprint density at radius 2 is 1.76 bits per heavy atom. The summed E-state index contributed by atoms with van der Waals surface area (Å²) in [5.74, 6) is 0.196. The fourth-order valence-electron chi connectivity index (χ4n) is 3.69. The van der Waals surface area contributed by atoms with Gasteiger partial charge in [-0.2, -0.15) is 0 Å². The monoisotopic (exact) mass is 500 g/mol. The number of ether oxygens (including phenoxy) is 1. The Kier molecular flexibility index (Phi) is 6.88. The number of carbonyl (C=O) groups is 2. The Morgan fingerprint density at radius 3 is 2.48 bits per heavy atom. The van der Waals surface area contributed by atoms with E-state index in [1.165, 1.54) is 4.90 Å². The van der Waals surface area contributed by atoms with Crippen molar-refractivity contribution >= 4 is 52.2 Å². The van der Waals surface area contributed by atoms with Crippen LogP contribution in [-0.4, -0.2) is 33.8 Å². The van der Waals surface area contributed by atoms with E-state index in [-0.39, 0.29) is 24.3 Å². The number of nitrogens with zero attached hydrogens (tertiary/aromatic N) is 2. The first-order valence-corrected chi connectivity index (χ1v) is 11.9. The van der Waals surface area contributed by atoms with Gasteiger partial charge in [0.2, 0.25) is 0 Å². The van der Waals surface area contributed by atoms with Crippen LogP contribution in [-0.2, 0) is 4.79 Å². The average molecular weight is 501 g/mol. The van der Waals surface area contributed by atoms with Gasteiger partial charge in [0.25, 0.3) is 11.1 Å². The van der Waals surface area contributed by atoms with Gasteiger partial charge in [-0.05, 0) is 80.1 Å². The molecule has 3 aromatic rings. The number of halogens is 2. The van der Waals surface area contributed by atoms with Gasteiger partial charge < -0.3 is 9.30 Å². The molecule has 4 rings (SSSR count). The van der Waals surface area contributed by atoms with Gasteiger partial charge in [-0.1, -0.05) is 41.4 Å². The normalized spacial score (nSPS) is 15.1. The number of benzene rings is 2. The first kappa shape index (κ1) is 23.5. The minimum absolute atomic E-state index is 0.147. The number of aryl methyl sites for hydroxylation is 2. The second-order valence-electron chi connectivity index (χ2n) is 7.71. The van der Waals surface area contributed by atoms with Gasteiger partial charge in [-0.15, -0.1) is 0 Å². The molecule has 1 aromatic heterocycles. The van der Waals surface area contributed by atoms with Crippen LogP contribution in [0.3, 0.4) is 0 Å². The van der Waals surface area contributed by atoms with Crippen molar-refractivity contribution in [2.45, 2.75) is 20.8 Å². The Hall–Kier alpha value is -2.67. The van der Waals surface area contributed by atoms with Crippen LogP contribution < -0.4 is 4.74 Å². The number of hydrogen-bond acceptors (Lipinski definition) is 4. The van der Waals surface area contributed by atoms with Gasteiger partial charge in [0.05, 0.1) is 16.5 Å². The smallest absolute Gasteiger partial charge is 0.293 e. The summed E-state index contributed by atoms with van der Waals surface area (Å²) in [4.78, 5) is 27.0. The SMILES string of the molecule is Cc1ccc(-n2c(C)cc(/C=C3\SC(=O)N(CCOc4ccccc4Cl)C3=O)c2C)cc1Cl. The maximum Gasteiger partial charge on any atom is 0.293 e. The Bertz CT molecular complexity index is 1280. The van der Waals surface area contributed by atoms with E-state index in [1.54, 1.807) is 24.3 Å². The number of rotatable bonds is 6. The lowest BCUT2D eigenvalue weighted by atomic mass is 10.2. The highest BCUT2D eigenvalue weighted by Crippen LogP contribution is 2.34. The quantitative estimate of drug-likeness (QED) is 0.348. The van der Waals surface area contributed by atoms with Gasteiger partial charge in [0, 0.05) is 22.1 Å². The van der Waals surface area contributed by atoms with Crippen LogP contribution in [0.15, 0.2) is 53.4 Å². The summed E-state index contributed by atoms with van der Waals surface area (Å²) in [6.45, 7) is 6.25. The molecule has 0 saturated carbocycles. The number of amides is 2. The second-order valence-corrected chi connectivity index (χ2v) is 9.52. The van der Waals surface area contributed by atoms with Crippen LogP contribution in [0, 0.1) is 20.8 Å².